The summed E-state index contributed by atoms with van der Waals surface area (Å²) in [7, 11) is 0. The summed E-state index contributed by atoms with van der Waals surface area (Å²) in [6.07, 6.45) is 0. The molecular weight excluding hydrogens is 318 g/mol. The number of nitrogens with one attached hydrogen (secondary N) is 1. The lowest BCUT2D eigenvalue weighted by Gasteiger charge is -2.04. The highest BCUT2D eigenvalue weighted by Crippen LogP contribution is 2.21. The summed E-state index contributed by atoms with van der Waals surface area (Å²) in [5, 5.41) is 19.1. The van der Waals surface area contributed by atoms with Gasteiger partial charge in [-0.2, -0.15) is 5.10 Å². The molecule has 2 heterocycles. The lowest BCUT2D eigenvalue weighted by molar-refractivity contribution is -0.384. The first-order valence-electron chi connectivity index (χ1n) is 6.40. The molecule has 0 atom stereocenters. The Labute approximate surface area is 134 Å². The molecule has 0 aliphatic rings. The van der Waals surface area contributed by atoms with E-state index in [4.69, 9.17) is 0 Å². The number of nitrogens with zero attached hydrogens (tertiary/aromatic N) is 2. The van der Waals surface area contributed by atoms with Crippen LogP contribution in [0, 0.1) is 10.1 Å². The lowest BCUT2D eigenvalue weighted by atomic mass is 10.2. The van der Waals surface area contributed by atoms with E-state index in [0.29, 0.717) is 5.69 Å². The molecule has 7 heteroatoms. The van der Waals surface area contributed by atoms with Gasteiger partial charge in [-0.3, -0.25) is 15.5 Å². The molecule has 0 saturated carbocycles. The molecule has 0 saturated heterocycles. The first kappa shape index (κ1) is 14.4. The molecule has 0 aliphatic heterocycles. The summed E-state index contributed by atoms with van der Waals surface area (Å²) in [6.45, 7) is 0. The molecule has 0 unspecified atom stereocenters. The van der Waals surface area contributed by atoms with E-state index < -0.39 is 4.92 Å². The van der Waals surface area contributed by atoms with Crippen LogP contribution in [-0.4, -0.2) is 10.6 Å². The fourth-order valence-electron chi connectivity index (χ4n) is 1.84. The van der Waals surface area contributed by atoms with Crippen molar-refractivity contribution < 1.29 is 4.92 Å². The van der Waals surface area contributed by atoms with Crippen molar-refractivity contribution in [1.82, 2.24) is 0 Å². The Morgan fingerprint density at radius 1 is 1.00 bits per heavy atom. The first-order valence-corrected chi connectivity index (χ1v) is 8.16. The molecular formula is C15H11N3O2S2. The van der Waals surface area contributed by atoms with Gasteiger partial charge in [0.2, 0.25) is 0 Å². The van der Waals surface area contributed by atoms with Crippen molar-refractivity contribution in [3.05, 3.63) is 79.2 Å². The average molecular weight is 329 g/mol. The van der Waals surface area contributed by atoms with E-state index in [1.54, 1.807) is 34.8 Å². The van der Waals surface area contributed by atoms with Crippen molar-refractivity contribution in [3.8, 4) is 0 Å². The molecule has 0 bridgehead atoms. The fourth-order valence-corrected chi connectivity index (χ4v) is 3.36. The van der Waals surface area contributed by atoms with Crippen LogP contribution in [-0.2, 0) is 0 Å². The van der Waals surface area contributed by atoms with Gasteiger partial charge in [0.05, 0.1) is 20.4 Å². The summed E-state index contributed by atoms with van der Waals surface area (Å²) in [5.74, 6) is 0. The number of nitro groups is 1. The molecule has 0 fully saturated rings. The van der Waals surface area contributed by atoms with Crippen LogP contribution in [0.3, 0.4) is 0 Å². The van der Waals surface area contributed by atoms with Crippen molar-refractivity contribution in [2.24, 2.45) is 5.10 Å². The molecule has 3 aromatic rings. The second kappa shape index (κ2) is 6.50. The minimum Gasteiger partial charge on any atom is -0.278 e. The zero-order chi connectivity index (χ0) is 15.4. The van der Waals surface area contributed by atoms with Gasteiger partial charge in [0.25, 0.3) is 5.69 Å². The van der Waals surface area contributed by atoms with Gasteiger partial charge in [-0.05, 0) is 35.0 Å². The maximum atomic E-state index is 10.6. The van der Waals surface area contributed by atoms with Crippen LogP contribution >= 0.6 is 22.7 Å². The number of thiophene rings is 2. The van der Waals surface area contributed by atoms with Gasteiger partial charge >= 0.3 is 0 Å². The van der Waals surface area contributed by atoms with E-state index in [2.05, 4.69) is 10.5 Å². The number of rotatable bonds is 5. The molecule has 0 radical (unpaired) electrons. The number of hydrogen-bond donors (Lipinski definition) is 1. The second-order valence-corrected chi connectivity index (χ2v) is 6.23. The number of nitro benzene ring substituents is 1. The summed E-state index contributed by atoms with van der Waals surface area (Å²) in [5.41, 5.74) is 4.60. The monoisotopic (exact) mass is 329 g/mol. The summed E-state index contributed by atoms with van der Waals surface area (Å²) < 4.78 is 0. The van der Waals surface area contributed by atoms with Crippen LogP contribution in [0.25, 0.3) is 0 Å². The van der Waals surface area contributed by atoms with Crippen LogP contribution < -0.4 is 5.43 Å². The average Bonchev–Trinajstić information content (AvgIpc) is 3.22. The first-order chi connectivity index (χ1) is 10.7. The highest BCUT2D eigenvalue weighted by Gasteiger charge is 2.09. The standard InChI is InChI=1S/C15H11N3O2S2/c19-18(20)12-7-5-11(6-8-12)16-17-15(13-3-1-9-21-13)14-4-2-10-22-14/h1-10,16H. The summed E-state index contributed by atoms with van der Waals surface area (Å²) >= 11 is 3.23. The molecule has 0 aliphatic carbocycles. The smallest absolute Gasteiger partial charge is 0.269 e. The molecule has 5 nitrogen and oxygen atoms in total. The van der Waals surface area contributed by atoms with E-state index in [1.807, 2.05) is 35.0 Å². The maximum Gasteiger partial charge on any atom is 0.269 e. The number of non-ortho nitro benzene ring substituents is 1. The van der Waals surface area contributed by atoms with Gasteiger partial charge in [-0.25, -0.2) is 0 Å². The predicted octanol–water partition coefficient (Wildman–Crippen LogP) is 4.58. The van der Waals surface area contributed by atoms with Crippen LogP contribution in [0.5, 0.6) is 0 Å². The zero-order valence-corrected chi connectivity index (χ0v) is 12.9. The predicted molar refractivity (Wildman–Crippen MR) is 91.0 cm³/mol. The third-order valence-corrected chi connectivity index (χ3v) is 4.64. The van der Waals surface area contributed by atoms with E-state index in [0.717, 1.165) is 15.5 Å². The minimum absolute atomic E-state index is 0.0614. The third-order valence-electron chi connectivity index (χ3n) is 2.88. The van der Waals surface area contributed by atoms with E-state index in [-0.39, 0.29) is 5.69 Å². The van der Waals surface area contributed by atoms with Crippen molar-refractivity contribution in [1.29, 1.82) is 0 Å². The molecule has 1 N–H and O–H groups in total. The van der Waals surface area contributed by atoms with Gasteiger partial charge in [0.1, 0.15) is 5.71 Å². The molecule has 110 valence electrons. The molecule has 2 aromatic heterocycles. The number of hydrazone groups is 1. The molecule has 3 rings (SSSR count). The maximum absolute atomic E-state index is 10.6. The van der Waals surface area contributed by atoms with Crippen molar-refractivity contribution in [3.63, 3.8) is 0 Å². The Morgan fingerprint density at radius 3 is 2.05 bits per heavy atom. The summed E-state index contributed by atoms with van der Waals surface area (Å²) in [4.78, 5) is 12.4. The van der Waals surface area contributed by atoms with Gasteiger partial charge < -0.3 is 0 Å². The Kier molecular flexibility index (Phi) is 4.27. The minimum atomic E-state index is -0.421. The number of benzene rings is 1. The normalized spacial score (nSPS) is 10.2. The quantitative estimate of drug-likeness (QED) is 0.423. The Hall–Kier alpha value is -2.51. The SMILES string of the molecule is O=[N+]([O-])c1ccc(NN=C(c2cccs2)c2cccs2)cc1. The number of anilines is 1. The van der Waals surface area contributed by atoms with E-state index in [1.165, 1.54) is 12.1 Å². The van der Waals surface area contributed by atoms with E-state index in [9.17, 15) is 10.1 Å². The van der Waals surface area contributed by atoms with Gasteiger partial charge in [0.15, 0.2) is 0 Å². The largest absolute Gasteiger partial charge is 0.278 e. The lowest BCUT2D eigenvalue weighted by Crippen LogP contribution is -2.02. The van der Waals surface area contributed by atoms with Crippen LogP contribution in [0.2, 0.25) is 0 Å². The fraction of sp³-hybridized carbons (Fsp3) is 0. The highest BCUT2D eigenvalue weighted by atomic mass is 32.1. The number of hydrogen-bond acceptors (Lipinski definition) is 6. The van der Waals surface area contributed by atoms with Crippen molar-refractivity contribution >= 4 is 39.8 Å². The Balaban J connectivity index is 1.86. The van der Waals surface area contributed by atoms with Crippen molar-refractivity contribution in [2.45, 2.75) is 0 Å². The topological polar surface area (TPSA) is 67.5 Å². The van der Waals surface area contributed by atoms with Crippen LogP contribution in [0.1, 0.15) is 9.75 Å². The highest BCUT2D eigenvalue weighted by molar-refractivity contribution is 7.15. The van der Waals surface area contributed by atoms with Gasteiger partial charge in [-0.15, -0.1) is 22.7 Å². The third kappa shape index (κ3) is 3.21. The van der Waals surface area contributed by atoms with Crippen LogP contribution in [0.15, 0.2) is 64.4 Å². The zero-order valence-electron chi connectivity index (χ0n) is 11.3. The Bertz CT molecular complexity index is 743. The van der Waals surface area contributed by atoms with Crippen molar-refractivity contribution in [2.75, 3.05) is 5.43 Å². The molecule has 22 heavy (non-hydrogen) atoms. The molecule has 0 amide bonds. The summed E-state index contributed by atoms with van der Waals surface area (Å²) in [6, 6.07) is 14.2. The van der Waals surface area contributed by atoms with Gasteiger partial charge in [-0.1, -0.05) is 12.1 Å². The second-order valence-electron chi connectivity index (χ2n) is 4.33. The molecule has 1 aromatic carbocycles. The van der Waals surface area contributed by atoms with E-state index >= 15 is 0 Å². The molecule has 0 spiro atoms. The van der Waals surface area contributed by atoms with Crippen LogP contribution in [0.4, 0.5) is 11.4 Å². The Morgan fingerprint density at radius 2 is 1.59 bits per heavy atom. The van der Waals surface area contributed by atoms with Gasteiger partial charge in [0, 0.05) is 12.1 Å².